The van der Waals surface area contributed by atoms with Crippen LogP contribution in [0.2, 0.25) is 0 Å². The highest BCUT2D eigenvalue weighted by atomic mass is 16.5. The molecule has 2 aromatic carbocycles. The number of rotatable bonds is 4. The summed E-state index contributed by atoms with van der Waals surface area (Å²) in [5.41, 5.74) is 3.33. The minimum atomic E-state index is -0.354. The third kappa shape index (κ3) is 2.53. The number of aryl methyl sites for hydroxylation is 1. The number of nitrogens with zero attached hydrogens (tertiary/aromatic N) is 2. The van der Waals surface area contributed by atoms with Gasteiger partial charge in [-0.1, -0.05) is 18.2 Å². The molecule has 0 atom stereocenters. The molecule has 0 aliphatic heterocycles. The Morgan fingerprint density at radius 1 is 1.23 bits per heavy atom. The Morgan fingerprint density at radius 2 is 2.05 bits per heavy atom. The van der Waals surface area contributed by atoms with Crippen molar-refractivity contribution in [1.29, 1.82) is 0 Å². The minimum Gasteiger partial charge on any atom is -0.465 e. The summed E-state index contributed by atoms with van der Waals surface area (Å²) < 4.78 is 6.84. The molecule has 0 saturated heterocycles. The Labute approximate surface area is 128 Å². The van der Waals surface area contributed by atoms with Crippen LogP contribution < -0.4 is 5.32 Å². The number of ether oxygens (including phenoxy) is 1. The van der Waals surface area contributed by atoms with Gasteiger partial charge in [-0.3, -0.25) is 0 Å². The van der Waals surface area contributed by atoms with E-state index in [2.05, 4.69) is 21.8 Å². The quantitative estimate of drug-likeness (QED) is 0.747. The molecule has 3 aromatic rings. The monoisotopic (exact) mass is 295 g/mol. The van der Waals surface area contributed by atoms with Crippen LogP contribution in [-0.4, -0.2) is 22.6 Å². The maximum absolute atomic E-state index is 11.6. The summed E-state index contributed by atoms with van der Waals surface area (Å²) in [6, 6.07) is 15.2. The number of para-hydroxylation sites is 2. The summed E-state index contributed by atoms with van der Waals surface area (Å²) >= 11 is 0. The van der Waals surface area contributed by atoms with Crippen molar-refractivity contribution in [2.75, 3.05) is 12.4 Å². The van der Waals surface area contributed by atoms with Crippen LogP contribution in [-0.2, 0) is 11.3 Å². The smallest absolute Gasteiger partial charge is 0.337 e. The van der Waals surface area contributed by atoms with E-state index in [0.717, 1.165) is 29.2 Å². The van der Waals surface area contributed by atoms with Gasteiger partial charge in [0.25, 0.3) is 0 Å². The average Bonchev–Trinajstić information content (AvgIpc) is 2.91. The molecule has 1 heterocycles. The van der Waals surface area contributed by atoms with Crippen LogP contribution in [0, 0.1) is 0 Å². The molecule has 0 bridgehead atoms. The molecule has 0 spiro atoms. The Balaban J connectivity index is 1.98. The Kier molecular flexibility index (Phi) is 3.78. The van der Waals surface area contributed by atoms with E-state index < -0.39 is 0 Å². The second-order valence-corrected chi connectivity index (χ2v) is 4.87. The fourth-order valence-corrected chi connectivity index (χ4v) is 2.46. The van der Waals surface area contributed by atoms with Crippen molar-refractivity contribution < 1.29 is 9.53 Å². The van der Waals surface area contributed by atoms with E-state index in [1.54, 1.807) is 12.1 Å². The van der Waals surface area contributed by atoms with Crippen LogP contribution in [0.25, 0.3) is 11.0 Å². The maximum atomic E-state index is 11.6. The lowest BCUT2D eigenvalue weighted by molar-refractivity contribution is 0.0601. The number of benzene rings is 2. The van der Waals surface area contributed by atoms with E-state index >= 15 is 0 Å². The number of anilines is 2. The summed E-state index contributed by atoms with van der Waals surface area (Å²) in [7, 11) is 1.37. The molecule has 3 rings (SSSR count). The number of carbonyl (C=O) groups is 1. The first kappa shape index (κ1) is 14.1. The lowest BCUT2D eigenvalue weighted by Crippen LogP contribution is -2.04. The van der Waals surface area contributed by atoms with E-state index in [-0.39, 0.29) is 5.97 Å². The van der Waals surface area contributed by atoms with Crippen LogP contribution in [0.15, 0.2) is 48.5 Å². The molecule has 22 heavy (non-hydrogen) atoms. The summed E-state index contributed by atoms with van der Waals surface area (Å²) in [5, 5.41) is 3.28. The Hall–Kier alpha value is -2.82. The summed E-state index contributed by atoms with van der Waals surface area (Å²) in [4.78, 5) is 16.2. The number of aromatic nitrogens is 2. The molecule has 0 saturated carbocycles. The molecule has 0 radical (unpaired) electrons. The third-order valence-electron chi connectivity index (χ3n) is 3.51. The van der Waals surface area contributed by atoms with Gasteiger partial charge in [0.15, 0.2) is 0 Å². The Bertz CT molecular complexity index is 824. The fraction of sp³-hybridized carbons (Fsp3) is 0.176. The maximum Gasteiger partial charge on any atom is 0.337 e. The molecule has 1 aromatic heterocycles. The van der Waals surface area contributed by atoms with E-state index in [1.165, 1.54) is 7.11 Å². The second kappa shape index (κ2) is 5.89. The van der Waals surface area contributed by atoms with E-state index in [9.17, 15) is 4.79 Å². The zero-order chi connectivity index (χ0) is 15.5. The number of carbonyl (C=O) groups excluding carboxylic acids is 1. The van der Waals surface area contributed by atoms with Gasteiger partial charge in [-0.05, 0) is 37.3 Å². The molecule has 1 N–H and O–H groups in total. The number of nitrogens with one attached hydrogen (secondary N) is 1. The van der Waals surface area contributed by atoms with Crippen LogP contribution in [0.4, 0.5) is 11.6 Å². The molecule has 0 amide bonds. The highest BCUT2D eigenvalue weighted by Crippen LogP contribution is 2.23. The zero-order valence-electron chi connectivity index (χ0n) is 12.5. The number of esters is 1. The Morgan fingerprint density at radius 3 is 2.82 bits per heavy atom. The van der Waals surface area contributed by atoms with Gasteiger partial charge in [0.05, 0.1) is 23.7 Å². The number of methoxy groups -OCH3 is 1. The third-order valence-corrected chi connectivity index (χ3v) is 3.51. The van der Waals surface area contributed by atoms with Gasteiger partial charge in [0, 0.05) is 12.2 Å². The van der Waals surface area contributed by atoms with E-state index in [4.69, 9.17) is 4.74 Å². The fourth-order valence-electron chi connectivity index (χ4n) is 2.46. The standard InChI is InChI=1S/C17H17N3O2/c1-3-20-15-10-5-4-9-14(15)19-17(20)18-13-8-6-7-12(11-13)16(21)22-2/h4-11H,3H2,1-2H3,(H,18,19). The van der Waals surface area contributed by atoms with Crippen molar-refractivity contribution in [2.24, 2.45) is 0 Å². The summed E-state index contributed by atoms with van der Waals surface area (Å²) in [6.07, 6.45) is 0. The largest absolute Gasteiger partial charge is 0.465 e. The normalized spacial score (nSPS) is 10.6. The van der Waals surface area contributed by atoms with Gasteiger partial charge in [-0.25, -0.2) is 9.78 Å². The lowest BCUT2D eigenvalue weighted by Gasteiger charge is -2.09. The van der Waals surface area contributed by atoms with E-state index in [1.807, 2.05) is 36.4 Å². The first-order valence-corrected chi connectivity index (χ1v) is 7.13. The number of fused-ring (bicyclic) bond motifs is 1. The number of hydrogen-bond acceptors (Lipinski definition) is 4. The summed E-state index contributed by atoms with van der Waals surface area (Å²) in [6.45, 7) is 2.88. The predicted molar refractivity (Wildman–Crippen MR) is 86.5 cm³/mol. The van der Waals surface area contributed by atoms with Crippen LogP contribution >= 0.6 is 0 Å². The lowest BCUT2D eigenvalue weighted by atomic mass is 10.2. The van der Waals surface area contributed by atoms with Gasteiger partial charge < -0.3 is 14.6 Å². The summed E-state index contributed by atoms with van der Waals surface area (Å²) in [5.74, 6) is 0.401. The van der Waals surface area contributed by atoms with Crippen molar-refractivity contribution in [3.8, 4) is 0 Å². The van der Waals surface area contributed by atoms with Gasteiger partial charge in [0.1, 0.15) is 0 Å². The first-order chi connectivity index (χ1) is 10.7. The van der Waals surface area contributed by atoms with Crippen LogP contribution in [0.1, 0.15) is 17.3 Å². The van der Waals surface area contributed by atoms with Crippen molar-refractivity contribution in [2.45, 2.75) is 13.5 Å². The van der Waals surface area contributed by atoms with E-state index in [0.29, 0.717) is 5.56 Å². The topological polar surface area (TPSA) is 56.2 Å². The van der Waals surface area contributed by atoms with Crippen LogP contribution in [0.5, 0.6) is 0 Å². The van der Waals surface area contributed by atoms with Crippen molar-refractivity contribution >= 4 is 28.6 Å². The van der Waals surface area contributed by atoms with Crippen molar-refractivity contribution in [3.05, 3.63) is 54.1 Å². The second-order valence-electron chi connectivity index (χ2n) is 4.87. The molecule has 112 valence electrons. The van der Waals surface area contributed by atoms with Gasteiger partial charge in [-0.15, -0.1) is 0 Å². The number of hydrogen-bond donors (Lipinski definition) is 1. The molecule has 0 unspecified atom stereocenters. The zero-order valence-corrected chi connectivity index (χ0v) is 12.5. The molecule has 5 heteroatoms. The van der Waals surface area contributed by atoms with Crippen LogP contribution in [0.3, 0.4) is 0 Å². The predicted octanol–water partition coefficient (Wildman–Crippen LogP) is 3.59. The number of imidazole rings is 1. The molecular formula is C17H17N3O2. The molecule has 5 nitrogen and oxygen atoms in total. The van der Waals surface area contributed by atoms with Crippen molar-refractivity contribution in [1.82, 2.24) is 9.55 Å². The average molecular weight is 295 g/mol. The first-order valence-electron chi connectivity index (χ1n) is 7.13. The highest BCUT2D eigenvalue weighted by molar-refractivity contribution is 5.90. The molecule has 0 aliphatic carbocycles. The molecule has 0 aliphatic rings. The van der Waals surface area contributed by atoms with Gasteiger partial charge >= 0.3 is 5.97 Å². The SMILES string of the molecule is CCn1c(Nc2cccc(C(=O)OC)c2)nc2ccccc21. The highest BCUT2D eigenvalue weighted by Gasteiger charge is 2.10. The van der Waals surface area contributed by atoms with Crippen molar-refractivity contribution in [3.63, 3.8) is 0 Å². The molecular weight excluding hydrogens is 278 g/mol. The molecule has 0 fully saturated rings. The van der Waals surface area contributed by atoms with Gasteiger partial charge in [-0.2, -0.15) is 0 Å². The minimum absolute atomic E-state index is 0.354. The van der Waals surface area contributed by atoms with Gasteiger partial charge in [0.2, 0.25) is 5.95 Å².